The van der Waals surface area contributed by atoms with Crippen LogP contribution in [0, 0.1) is 0 Å². The Hall–Kier alpha value is -2.73. The molecular formula is C25H35N3O3. The zero-order valence-electron chi connectivity index (χ0n) is 19.0. The van der Waals surface area contributed by atoms with E-state index in [-0.39, 0.29) is 5.41 Å². The van der Waals surface area contributed by atoms with Gasteiger partial charge in [0.15, 0.2) is 5.96 Å². The summed E-state index contributed by atoms with van der Waals surface area (Å²) in [5.41, 5.74) is 1.28. The highest BCUT2D eigenvalue weighted by molar-refractivity contribution is 5.79. The predicted octanol–water partition coefficient (Wildman–Crippen LogP) is 3.72. The van der Waals surface area contributed by atoms with Crippen LogP contribution in [0.1, 0.15) is 25.3 Å². The van der Waals surface area contributed by atoms with Crippen molar-refractivity contribution >= 4 is 5.96 Å². The molecular weight excluding hydrogens is 390 g/mol. The zero-order valence-corrected chi connectivity index (χ0v) is 19.0. The second-order valence-electron chi connectivity index (χ2n) is 7.87. The number of hydrogen-bond donors (Lipinski definition) is 1. The minimum absolute atomic E-state index is 0.0213. The number of benzene rings is 2. The summed E-state index contributed by atoms with van der Waals surface area (Å²) in [5.74, 6) is 2.66. The Morgan fingerprint density at radius 3 is 2.42 bits per heavy atom. The normalized spacial score (nSPS) is 15.9. The maximum absolute atomic E-state index is 5.86. The van der Waals surface area contributed by atoms with Crippen LogP contribution in [-0.4, -0.2) is 64.5 Å². The van der Waals surface area contributed by atoms with E-state index in [1.54, 1.807) is 7.11 Å². The lowest BCUT2D eigenvalue weighted by molar-refractivity contribution is 0.0530. The lowest BCUT2D eigenvalue weighted by Gasteiger charge is -2.37. The van der Waals surface area contributed by atoms with Gasteiger partial charge in [-0.2, -0.15) is 0 Å². The molecule has 2 aromatic carbocycles. The summed E-state index contributed by atoms with van der Waals surface area (Å²) in [6.45, 7) is 6.51. The number of guanidine groups is 1. The van der Waals surface area contributed by atoms with E-state index in [1.165, 1.54) is 5.56 Å². The molecule has 0 atom stereocenters. The van der Waals surface area contributed by atoms with Gasteiger partial charge in [0.1, 0.15) is 18.1 Å². The Balaban J connectivity index is 1.69. The molecule has 0 aliphatic carbocycles. The molecule has 0 amide bonds. The fraction of sp³-hybridized carbons (Fsp3) is 0.480. The molecule has 0 unspecified atom stereocenters. The van der Waals surface area contributed by atoms with Crippen molar-refractivity contribution in [2.75, 3.05) is 53.6 Å². The number of rotatable bonds is 9. The van der Waals surface area contributed by atoms with Gasteiger partial charge < -0.3 is 24.4 Å². The SMILES string of the molecule is CCNC(=NCC1(c2ccc(OC)cc2)CCOCC1)N(C)CCOc1ccccc1. The van der Waals surface area contributed by atoms with Crippen molar-refractivity contribution in [2.45, 2.75) is 25.2 Å². The predicted molar refractivity (Wildman–Crippen MR) is 125 cm³/mol. The van der Waals surface area contributed by atoms with Crippen LogP contribution in [0.3, 0.4) is 0 Å². The minimum Gasteiger partial charge on any atom is -0.497 e. The van der Waals surface area contributed by atoms with Crippen LogP contribution in [0.4, 0.5) is 0 Å². The standard InChI is InChI=1S/C25H35N3O3/c1-4-26-24(28(2)16-19-31-23-8-6-5-7-9-23)27-20-25(14-17-30-18-15-25)21-10-12-22(29-3)13-11-21/h5-13H,4,14-20H2,1-3H3,(H,26,27). The van der Waals surface area contributed by atoms with Crippen LogP contribution in [0.15, 0.2) is 59.6 Å². The second kappa shape index (κ2) is 11.6. The third kappa shape index (κ3) is 6.37. The monoisotopic (exact) mass is 425 g/mol. The molecule has 1 heterocycles. The van der Waals surface area contributed by atoms with Crippen molar-refractivity contribution in [1.82, 2.24) is 10.2 Å². The second-order valence-corrected chi connectivity index (χ2v) is 7.87. The van der Waals surface area contributed by atoms with Crippen LogP contribution in [0.2, 0.25) is 0 Å². The molecule has 31 heavy (non-hydrogen) atoms. The summed E-state index contributed by atoms with van der Waals surface area (Å²) in [5, 5.41) is 3.43. The fourth-order valence-electron chi connectivity index (χ4n) is 3.86. The van der Waals surface area contributed by atoms with Gasteiger partial charge in [0.2, 0.25) is 0 Å². The first-order valence-corrected chi connectivity index (χ1v) is 11.1. The largest absolute Gasteiger partial charge is 0.497 e. The van der Waals surface area contributed by atoms with E-state index in [2.05, 4.69) is 36.3 Å². The summed E-state index contributed by atoms with van der Waals surface area (Å²) < 4.78 is 16.9. The van der Waals surface area contributed by atoms with Crippen molar-refractivity contribution < 1.29 is 14.2 Å². The average Bonchev–Trinajstić information content (AvgIpc) is 2.83. The highest BCUT2D eigenvalue weighted by Crippen LogP contribution is 2.36. The summed E-state index contributed by atoms with van der Waals surface area (Å²) >= 11 is 0. The highest BCUT2D eigenvalue weighted by atomic mass is 16.5. The van der Waals surface area contributed by atoms with Crippen molar-refractivity contribution in [3.05, 3.63) is 60.2 Å². The molecule has 168 valence electrons. The van der Waals surface area contributed by atoms with E-state index in [4.69, 9.17) is 19.2 Å². The number of aliphatic imine (C=N–C) groups is 1. The van der Waals surface area contributed by atoms with Gasteiger partial charge in [0.05, 0.1) is 20.2 Å². The Morgan fingerprint density at radius 2 is 1.77 bits per heavy atom. The summed E-state index contributed by atoms with van der Waals surface area (Å²) in [7, 11) is 3.75. The van der Waals surface area contributed by atoms with Gasteiger partial charge in [-0.3, -0.25) is 4.99 Å². The number of methoxy groups -OCH3 is 1. The summed E-state index contributed by atoms with van der Waals surface area (Å²) in [6.07, 6.45) is 1.92. The number of likely N-dealkylation sites (N-methyl/N-ethyl adjacent to an activating group) is 1. The summed E-state index contributed by atoms with van der Waals surface area (Å²) in [6, 6.07) is 18.3. The Labute approximate surface area is 186 Å². The third-order valence-electron chi connectivity index (χ3n) is 5.82. The van der Waals surface area contributed by atoms with Gasteiger partial charge in [0.25, 0.3) is 0 Å². The van der Waals surface area contributed by atoms with Gasteiger partial charge in [0, 0.05) is 32.2 Å². The molecule has 0 bridgehead atoms. The number of ether oxygens (including phenoxy) is 3. The van der Waals surface area contributed by atoms with Crippen molar-refractivity contribution in [3.8, 4) is 11.5 Å². The fourth-order valence-corrected chi connectivity index (χ4v) is 3.86. The number of nitrogens with zero attached hydrogens (tertiary/aromatic N) is 2. The molecule has 6 nitrogen and oxygen atoms in total. The van der Waals surface area contributed by atoms with E-state index in [1.807, 2.05) is 42.5 Å². The lowest BCUT2D eigenvalue weighted by atomic mass is 9.74. The topological polar surface area (TPSA) is 55.3 Å². The summed E-state index contributed by atoms with van der Waals surface area (Å²) in [4.78, 5) is 7.18. The Bertz CT molecular complexity index is 803. The quantitative estimate of drug-likeness (QED) is 0.490. The Morgan fingerprint density at radius 1 is 1.06 bits per heavy atom. The van der Waals surface area contributed by atoms with Crippen LogP contribution < -0.4 is 14.8 Å². The average molecular weight is 426 g/mol. The van der Waals surface area contributed by atoms with Gasteiger partial charge in [-0.1, -0.05) is 30.3 Å². The first-order valence-electron chi connectivity index (χ1n) is 11.1. The number of para-hydroxylation sites is 1. The van der Waals surface area contributed by atoms with E-state index in [0.29, 0.717) is 6.61 Å². The van der Waals surface area contributed by atoms with Crippen molar-refractivity contribution in [2.24, 2.45) is 4.99 Å². The molecule has 2 aromatic rings. The van der Waals surface area contributed by atoms with E-state index in [0.717, 1.165) is 63.1 Å². The number of hydrogen-bond acceptors (Lipinski definition) is 4. The molecule has 3 rings (SSSR count). The molecule has 0 radical (unpaired) electrons. The molecule has 6 heteroatoms. The Kier molecular flexibility index (Phi) is 8.59. The van der Waals surface area contributed by atoms with Crippen LogP contribution in [-0.2, 0) is 10.2 Å². The minimum atomic E-state index is -0.0213. The van der Waals surface area contributed by atoms with E-state index < -0.39 is 0 Å². The van der Waals surface area contributed by atoms with Gasteiger partial charge >= 0.3 is 0 Å². The molecule has 1 saturated heterocycles. The van der Waals surface area contributed by atoms with E-state index in [9.17, 15) is 0 Å². The lowest BCUT2D eigenvalue weighted by Crippen LogP contribution is -2.43. The van der Waals surface area contributed by atoms with Crippen LogP contribution in [0.5, 0.6) is 11.5 Å². The van der Waals surface area contributed by atoms with Crippen LogP contribution >= 0.6 is 0 Å². The molecule has 1 fully saturated rings. The molecule has 0 spiro atoms. The van der Waals surface area contributed by atoms with Gasteiger partial charge in [-0.15, -0.1) is 0 Å². The van der Waals surface area contributed by atoms with Gasteiger partial charge in [-0.05, 0) is 49.6 Å². The van der Waals surface area contributed by atoms with Gasteiger partial charge in [-0.25, -0.2) is 0 Å². The van der Waals surface area contributed by atoms with E-state index >= 15 is 0 Å². The molecule has 0 saturated carbocycles. The molecule has 1 aliphatic rings. The zero-order chi connectivity index (χ0) is 21.9. The van der Waals surface area contributed by atoms with Crippen LogP contribution in [0.25, 0.3) is 0 Å². The maximum atomic E-state index is 5.86. The molecule has 1 N–H and O–H groups in total. The number of nitrogens with one attached hydrogen (secondary N) is 1. The molecule has 0 aromatic heterocycles. The first-order chi connectivity index (χ1) is 15.2. The highest BCUT2D eigenvalue weighted by Gasteiger charge is 2.34. The van der Waals surface area contributed by atoms with Crippen molar-refractivity contribution in [1.29, 1.82) is 0 Å². The smallest absolute Gasteiger partial charge is 0.193 e. The molecule has 1 aliphatic heterocycles. The third-order valence-corrected chi connectivity index (χ3v) is 5.82. The first kappa shape index (κ1) is 22.9. The maximum Gasteiger partial charge on any atom is 0.193 e. The van der Waals surface area contributed by atoms with Crippen molar-refractivity contribution in [3.63, 3.8) is 0 Å².